The summed E-state index contributed by atoms with van der Waals surface area (Å²) in [5.41, 5.74) is 4.21. The summed E-state index contributed by atoms with van der Waals surface area (Å²) in [7, 11) is 0. The summed E-state index contributed by atoms with van der Waals surface area (Å²) in [6.45, 7) is 0. The van der Waals surface area contributed by atoms with Crippen LogP contribution >= 0.6 is 0 Å². The van der Waals surface area contributed by atoms with E-state index >= 15 is 0 Å². The van der Waals surface area contributed by atoms with Crippen molar-refractivity contribution in [3.8, 4) is 0 Å². The molecule has 2 amide bonds. The summed E-state index contributed by atoms with van der Waals surface area (Å²) in [5.74, 6) is 0. The number of para-hydroxylation sites is 1. The molecule has 0 aliphatic heterocycles. The zero-order valence-corrected chi connectivity index (χ0v) is 14.2. The van der Waals surface area contributed by atoms with Crippen LogP contribution in [0.3, 0.4) is 0 Å². The van der Waals surface area contributed by atoms with Crippen LogP contribution in [0.25, 0.3) is 11.0 Å². The van der Waals surface area contributed by atoms with Gasteiger partial charge in [0, 0.05) is 22.7 Å². The molecule has 5 N–H and O–H groups in total. The van der Waals surface area contributed by atoms with Gasteiger partial charge in [0.15, 0.2) is 0 Å². The molecule has 0 atom stereocenters. The van der Waals surface area contributed by atoms with Gasteiger partial charge in [-0.1, -0.05) is 18.2 Å². The number of carbonyl (C=O) groups is 1. The molecule has 0 spiro atoms. The van der Waals surface area contributed by atoms with Gasteiger partial charge in [0.25, 0.3) is 0 Å². The highest BCUT2D eigenvalue weighted by Crippen LogP contribution is 2.19. The molecule has 0 fully saturated rings. The Morgan fingerprint density at radius 2 is 1.26 bits per heavy atom. The minimum absolute atomic E-state index is 0.282. The molecule has 7 heteroatoms. The van der Waals surface area contributed by atoms with Gasteiger partial charge in [-0.15, -0.1) is 0 Å². The van der Waals surface area contributed by atoms with Crippen LogP contribution in [0.5, 0.6) is 0 Å². The summed E-state index contributed by atoms with van der Waals surface area (Å²) in [6.07, 6.45) is 0. The van der Waals surface area contributed by atoms with E-state index in [9.17, 15) is 9.59 Å². The highest BCUT2D eigenvalue weighted by molar-refractivity contribution is 6.00. The Kier molecular flexibility index (Phi) is 4.32. The Morgan fingerprint density at radius 3 is 2.04 bits per heavy atom. The normalized spacial score (nSPS) is 10.5. The van der Waals surface area contributed by atoms with Crippen molar-refractivity contribution in [1.29, 1.82) is 0 Å². The molecular formula is C20H17N5O2. The molecule has 1 heterocycles. The second-order valence-electron chi connectivity index (χ2n) is 5.99. The third-order valence-corrected chi connectivity index (χ3v) is 3.98. The molecule has 0 bridgehead atoms. The molecule has 1 aromatic heterocycles. The number of carbonyl (C=O) groups excluding carboxylic acids is 1. The van der Waals surface area contributed by atoms with Crippen LogP contribution in [-0.4, -0.2) is 16.0 Å². The first-order valence-corrected chi connectivity index (χ1v) is 8.38. The predicted octanol–water partition coefficient (Wildman–Crippen LogP) is 4.24. The van der Waals surface area contributed by atoms with E-state index in [1.165, 1.54) is 0 Å². The molecule has 0 radical (unpaired) electrons. The van der Waals surface area contributed by atoms with E-state index in [0.29, 0.717) is 22.4 Å². The molecule has 4 rings (SSSR count). The molecule has 27 heavy (non-hydrogen) atoms. The summed E-state index contributed by atoms with van der Waals surface area (Å²) in [5, 5.41) is 8.80. The fourth-order valence-electron chi connectivity index (χ4n) is 2.73. The fourth-order valence-corrected chi connectivity index (χ4v) is 2.73. The SMILES string of the molecule is O=C(Nc1ccc(Nc2ccccc2)cc1)Nc1ccc2[nH]c(=O)[nH]c2c1. The Hall–Kier alpha value is -4.00. The van der Waals surface area contributed by atoms with Gasteiger partial charge in [-0.3, -0.25) is 0 Å². The van der Waals surface area contributed by atoms with Crippen LogP contribution in [-0.2, 0) is 0 Å². The van der Waals surface area contributed by atoms with Crippen molar-refractivity contribution in [3.63, 3.8) is 0 Å². The summed E-state index contributed by atoms with van der Waals surface area (Å²) < 4.78 is 0. The van der Waals surface area contributed by atoms with E-state index in [2.05, 4.69) is 25.9 Å². The van der Waals surface area contributed by atoms with Crippen LogP contribution in [0.1, 0.15) is 0 Å². The van der Waals surface area contributed by atoms with Crippen LogP contribution in [0, 0.1) is 0 Å². The molecule has 4 aromatic rings. The molecule has 0 saturated heterocycles. The van der Waals surface area contributed by atoms with Gasteiger partial charge in [-0.25, -0.2) is 9.59 Å². The van der Waals surface area contributed by atoms with Gasteiger partial charge in [0.2, 0.25) is 0 Å². The average molecular weight is 359 g/mol. The molecule has 3 aromatic carbocycles. The number of urea groups is 1. The Morgan fingerprint density at radius 1 is 0.667 bits per heavy atom. The number of hydrogen-bond acceptors (Lipinski definition) is 3. The van der Waals surface area contributed by atoms with Crippen molar-refractivity contribution in [2.45, 2.75) is 0 Å². The fraction of sp³-hybridized carbons (Fsp3) is 0. The first kappa shape index (κ1) is 16.5. The summed E-state index contributed by atoms with van der Waals surface area (Å²) >= 11 is 0. The average Bonchev–Trinajstić information content (AvgIpc) is 3.03. The summed E-state index contributed by atoms with van der Waals surface area (Å²) in [6, 6.07) is 22.0. The highest BCUT2D eigenvalue weighted by Gasteiger charge is 2.05. The van der Waals surface area contributed by atoms with E-state index < -0.39 is 0 Å². The van der Waals surface area contributed by atoms with E-state index in [-0.39, 0.29) is 11.7 Å². The number of imidazole rings is 1. The number of aromatic nitrogens is 2. The number of fused-ring (bicyclic) bond motifs is 1. The van der Waals surface area contributed by atoms with Crippen LogP contribution in [0.15, 0.2) is 77.6 Å². The Labute approximate surface area is 154 Å². The van der Waals surface area contributed by atoms with Crippen molar-refractivity contribution in [1.82, 2.24) is 9.97 Å². The molecule has 134 valence electrons. The maximum Gasteiger partial charge on any atom is 0.323 e. The van der Waals surface area contributed by atoms with Gasteiger partial charge in [0.1, 0.15) is 0 Å². The lowest BCUT2D eigenvalue weighted by atomic mass is 10.2. The topological polar surface area (TPSA) is 102 Å². The van der Waals surface area contributed by atoms with E-state index in [1.54, 1.807) is 18.2 Å². The standard InChI is InChI=1S/C20H17N5O2/c26-19(23-16-10-11-17-18(12-16)25-20(27)24-17)22-15-8-6-14(7-9-15)21-13-4-2-1-3-5-13/h1-12,21H,(H2,22,23,26)(H2,24,25,27). The van der Waals surface area contributed by atoms with Gasteiger partial charge in [0.05, 0.1) is 11.0 Å². The summed E-state index contributed by atoms with van der Waals surface area (Å²) in [4.78, 5) is 28.8. The van der Waals surface area contributed by atoms with Gasteiger partial charge < -0.3 is 25.9 Å². The molecular weight excluding hydrogens is 342 g/mol. The molecule has 0 aliphatic rings. The van der Waals surface area contributed by atoms with Crippen molar-refractivity contribution in [2.75, 3.05) is 16.0 Å². The number of nitrogens with one attached hydrogen (secondary N) is 5. The Balaban J connectivity index is 1.39. The minimum atomic E-state index is -0.365. The minimum Gasteiger partial charge on any atom is -0.356 e. The first-order valence-electron chi connectivity index (χ1n) is 8.38. The van der Waals surface area contributed by atoms with E-state index in [1.807, 2.05) is 54.6 Å². The third kappa shape index (κ3) is 3.98. The maximum atomic E-state index is 12.2. The number of amides is 2. The number of benzene rings is 3. The monoisotopic (exact) mass is 359 g/mol. The van der Waals surface area contributed by atoms with E-state index in [4.69, 9.17) is 0 Å². The number of rotatable bonds is 4. The number of aromatic amines is 2. The highest BCUT2D eigenvalue weighted by atomic mass is 16.2. The Bertz CT molecular complexity index is 1130. The predicted molar refractivity (Wildman–Crippen MR) is 108 cm³/mol. The number of anilines is 4. The van der Waals surface area contributed by atoms with Crippen molar-refractivity contribution in [3.05, 3.63) is 83.3 Å². The molecule has 0 unspecified atom stereocenters. The van der Waals surface area contributed by atoms with Crippen molar-refractivity contribution >= 4 is 39.8 Å². The lowest BCUT2D eigenvalue weighted by molar-refractivity contribution is 0.262. The second kappa shape index (κ2) is 7.09. The van der Waals surface area contributed by atoms with Gasteiger partial charge >= 0.3 is 11.7 Å². The largest absolute Gasteiger partial charge is 0.356 e. The van der Waals surface area contributed by atoms with Crippen LogP contribution in [0.2, 0.25) is 0 Å². The van der Waals surface area contributed by atoms with Crippen LogP contribution in [0.4, 0.5) is 27.5 Å². The van der Waals surface area contributed by atoms with Crippen LogP contribution < -0.4 is 21.6 Å². The van der Waals surface area contributed by atoms with Gasteiger partial charge in [-0.2, -0.15) is 0 Å². The molecule has 0 aliphatic carbocycles. The second-order valence-corrected chi connectivity index (χ2v) is 5.99. The lowest BCUT2D eigenvalue weighted by Crippen LogP contribution is -2.19. The van der Waals surface area contributed by atoms with Crippen molar-refractivity contribution in [2.24, 2.45) is 0 Å². The zero-order valence-electron chi connectivity index (χ0n) is 14.2. The zero-order chi connectivity index (χ0) is 18.6. The number of H-pyrrole nitrogens is 2. The van der Waals surface area contributed by atoms with E-state index in [0.717, 1.165) is 11.4 Å². The maximum absolute atomic E-state index is 12.2. The van der Waals surface area contributed by atoms with Gasteiger partial charge in [-0.05, 0) is 54.6 Å². The smallest absolute Gasteiger partial charge is 0.323 e. The van der Waals surface area contributed by atoms with Crippen molar-refractivity contribution < 1.29 is 4.79 Å². The molecule has 7 nitrogen and oxygen atoms in total. The quantitative estimate of drug-likeness (QED) is 0.376. The number of hydrogen-bond donors (Lipinski definition) is 5. The third-order valence-electron chi connectivity index (χ3n) is 3.98. The lowest BCUT2D eigenvalue weighted by Gasteiger charge is -2.10. The first-order chi connectivity index (χ1) is 13.2. The molecule has 0 saturated carbocycles.